The monoisotopic (exact) mass is 106 g/mol. The fraction of sp³-hybridized carbons (Fsp3) is 0. The topological polar surface area (TPSA) is 49.6 Å². The van der Waals surface area contributed by atoms with Crippen LogP contribution in [0.4, 0.5) is 0 Å². The van der Waals surface area contributed by atoms with E-state index in [-0.39, 0.29) is 0 Å². The van der Waals surface area contributed by atoms with Gasteiger partial charge in [-0.3, -0.25) is 15.4 Å². The van der Waals surface area contributed by atoms with Crippen LogP contribution in [0.3, 0.4) is 0 Å². The van der Waals surface area contributed by atoms with Crippen molar-refractivity contribution < 1.29 is 0 Å². The van der Waals surface area contributed by atoms with Crippen molar-refractivity contribution in [2.45, 2.75) is 0 Å². The van der Waals surface area contributed by atoms with E-state index >= 15 is 0 Å². The first-order valence-corrected chi connectivity index (χ1v) is 2.12. The van der Waals surface area contributed by atoms with E-state index in [9.17, 15) is 0 Å². The molecule has 0 atom stereocenters. The van der Waals surface area contributed by atoms with E-state index < -0.39 is 0 Å². The second-order valence-electron chi connectivity index (χ2n) is 1.22. The highest BCUT2D eigenvalue weighted by molar-refractivity contribution is 5.72. The normalized spacial score (nSPS) is 8.50. The summed E-state index contributed by atoms with van der Waals surface area (Å²) in [6, 6.07) is 0. The van der Waals surface area contributed by atoms with E-state index in [4.69, 9.17) is 5.41 Å². The van der Waals surface area contributed by atoms with Gasteiger partial charge in [0, 0.05) is 12.4 Å². The lowest BCUT2D eigenvalue weighted by atomic mass is 10.5. The first kappa shape index (κ1) is 4.90. The van der Waals surface area contributed by atoms with Crippen molar-refractivity contribution in [1.29, 1.82) is 5.41 Å². The maximum absolute atomic E-state index is 6.59. The molecule has 0 aromatic carbocycles. The first-order valence-electron chi connectivity index (χ1n) is 2.12. The largest absolute Gasteiger partial charge is 0.296 e. The standard InChI is InChI=1S/C5H4N3/c6-3-5-4-7-1-2-8-5/h1-2,4,6H. The molecule has 0 spiro atoms. The minimum absolute atomic E-state index is 0.465. The van der Waals surface area contributed by atoms with Crippen LogP contribution in [-0.2, 0) is 0 Å². The molecule has 8 heavy (non-hydrogen) atoms. The first-order chi connectivity index (χ1) is 3.93. The highest BCUT2D eigenvalue weighted by atomic mass is 14.8. The Kier molecular flexibility index (Phi) is 1.32. The van der Waals surface area contributed by atoms with Gasteiger partial charge in [0.05, 0.1) is 6.20 Å². The predicted octanol–water partition coefficient (Wildman–Crippen LogP) is 0.351. The van der Waals surface area contributed by atoms with Gasteiger partial charge in [-0.2, -0.15) is 0 Å². The molecule has 1 rings (SSSR count). The van der Waals surface area contributed by atoms with Gasteiger partial charge in [0.2, 0.25) is 0 Å². The second kappa shape index (κ2) is 2.16. The molecule has 1 radical (unpaired) electrons. The average Bonchev–Trinajstić information content (AvgIpc) is 1.90. The molecule has 0 saturated carbocycles. The van der Waals surface area contributed by atoms with Gasteiger partial charge in [0.1, 0.15) is 11.9 Å². The van der Waals surface area contributed by atoms with E-state index in [1.54, 1.807) is 6.20 Å². The molecule has 0 aliphatic rings. The zero-order chi connectivity index (χ0) is 5.82. The fourth-order valence-electron chi connectivity index (χ4n) is 0.364. The summed E-state index contributed by atoms with van der Waals surface area (Å²) in [5.74, 6) is 0. The van der Waals surface area contributed by atoms with Gasteiger partial charge in [-0.15, -0.1) is 0 Å². The highest BCUT2D eigenvalue weighted by Gasteiger charge is 1.81. The molecule has 0 fully saturated rings. The quantitative estimate of drug-likeness (QED) is 0.525. The summed E-state index contributed by atoms with van der Waals surface area (Å²) in [5.41, 5.74) is 0.465. The third-order valence-corrected chi connectivity index (χ3v) is 0.691. The molecule has 0 aliphatic heterocycles. The summed E-state index contributed by atoms with van der Waals surface area (Å²) in [5, 5.41) is 6.59. The molecule has 0 unspecified atom stereocenters. The summed E-state index contributed by atoms with van der Waals surface area (Å²) >= 11 is 0. The Morgan fingerprint density at radius 1 is 1.50 bits per heavy atom. The molecule has 39 valence electrons. The maximum Gasteiger partial charge on any atom is 0.109 e. The molecule has 3 heteroatoms. The predicted molar refractivity (Wildman–Crippen MR) is 28.9 cm³/mol. The van der Waals surface area contributed by atoms with E-state index in [2.05, 4.69) is 16.2 Å². The number of nitrogens with zero attached hydrogens (tertiary/aromatic N) is 2. The molecule has 0 bridgehead atoms. The van der Waals surface area contributed by atoms with Gasteiger partial charge in [0.15, 0.2) is 0 Å². The Morgan fingerprint density at radius 3 is 2.75 bits per heavy atom. The van der Waals surface area contributed by atoms with Crippen LogP contribution in [0.25, 0.3) is 0 Å². The molecule has 0 aliphatic carbocycles. The Morgan fingerprint density at radius 2 is 2.38 bits per heavy atom. The molecule has 1 aromatic rings. The van der Waals surface area contributed by atoms with Crippen LogP contribution < -0.4 is 0 Å². The minimum atomic E-state index is 0.465. The molecular formula is C5H4N3. The lowest BCUT2D eigenvalue weighted by molar-refractivity contribution is 1.18. The van der Waals surface area contributed by atoms with Crippen LogP contribution in [-0.4, -0.2) is 16.2 Å². The van der Waals surface area contributed by atoms with E-state index in [1.807, 2.05) is 0 Å². The van der Waals surface area contributed by atoms with Crippen LogP contribution in [0.1, 0.15) is 5.69 Å². The zero-order valence-electron chi connectivity index (χ0n) is 4.13. The summed E-state index contributed by atoms with van der Waals surface area (Å²) in [6.07, 6.45) is 6.66. The number of rotatable bonds is 1. The number of hydrogen-bond donors (Lipinski definition) is 1. The van der Waals surface area contributed by atoms with Crippen LogP contribution >= 0.6 is 0 Å². The van der Waals surface area contributed by atoms with Gasteiger partial charge in [-0.25, -0.2) is 0 Å². The third kappa shape index (κ3) is 0.872. The molecule has 0 amide bonds. The molecule has 1 N–H and O–H groups in total. The highest BCUT2D eigenvalue weighted by Crippen LogP contribution is 1.80. The number of aromatic nitrogens is 2. The average molecular weight is 106 g/mol. The van der Waals surface area contributed by atoms with E-state index in [0.29, 0.717) is 5.69 Å². The minimum Gasteiger partial charge on any atom is -0.296 e. The van der Waals surface area contributed by atoms with Crippen molar-refractivity contribution >= 4 is 6.21 Å². The molecule has 3 nitrogen and oxygen atoms in total. The second-order valence-corrected chi connectivity index (χ2v) is 1.22. The maximum atomic E-state index is 6.59. The third-order valence-electron chi connectivity index (χ3n) is 0.691. The van der Waals surface area contributed by atoms with E-state index in [1.165, 1.54) is 12.4 Å². The van der Waals surface area contributed by atoms with Gasteiger partial charge >= 0.3 is 0 Å². The van der Waals surface area contributed by atoms with Crippen molar-refractivity contribution in [2.75, 3.05) is 0 Å². The van der Waals surface area contributed by atoms with Gasteiger partial charge in [-0.1, -0.05) is 0 Å². The lowest BCUT2D eigenvalue weighted by Crippen LogP contribution is -1.84. The smallest absolute Gasteiger partial charge is 0.109 e. The van der Waals surface area contributed by atoms with Crippen molar-refractivity contribution in [3.05, 3.63) is 24.3 Å². The fourth-order valence-corrected chi connectivity index (χ4v) is 0.364. The van der Waals surface area contributed by atoms with Crippen LogP contribution in [0.5, 0.6) is 0 Å². The van der Waals surface area contributed by atoms with E-state index in [0.717, 1.165) is 0 Å². The molecule has 1 aromatic heterocycles. The van der Waals surface area contributed by atoms with Crippen molar-refractivity contribution in [1.82, 2.24) is 9.97 Å². The SMILES string of the molecule is N=[C]c1cnccn1. The van der Waals surface area contributed by atoms with Crippen LogP contribution in [0, 0.1) is 5.41 Å². The molecule has 1 heterocycles. The Balaban J connectivity index is 2.99. The summed E-state index contributed by atoms with van der Waals surface area (Å²) in [4.78, 5) is 7.45. The van der Waals surface area contributed by atoms with Crippen LogP contribution in [0.15, 0.2) is 18.6 Å². The van der Waals surface area contributed by atoms with Gasteiger partial charge in [-0.05, 0) is 0 Å². The summed E-state index contributed by atoms with van der Waals surface area (Å²) < 4.78 is 0. The zero-order valence-corrected chi connectivity index (χ0v) is 4.13. The Labute approximate surface area is 46.9 Å². The van der Waals surface area contributed by atoms with Gasteiger partial charge in [0.25, 0.3) is 0 Å². The van der Waals surface area contributed by atoms with Crippen molar-refractivity contribution in [2.24, 2.45) is 0 Å². The van der Waals surface area contributed by atoms with Gasteiger partial charge < -0.3 is 0 Å². The molecular weight excluding hydrogens is 102 g/mol. The summed E-state index contributed by atoms with van der Waals surface area (Å²) in [7, 11) is 0. The van der Waals surface area contributed by atoms with Crippen molar-refractivity contribution in [3.8, 4) is 0 Å². The Hall–Kier alpha value is -1.25. The number of nitrogens with one attached hydrogen (secondary N) is 1. The van der Waals surface area contributed by atoms with Crippen LogP contribution in [0.2, 0.25) is 0 Å². The Bertz CT molecular complexity index is 170. The number of hydrogen-bond acceptors (Lipinski definition) is 3. The summed E-state index contributed by atoms with van der Waals surface area (Å²) in [6.45, 7) is 0. The lowest BCUT2D eigenvalue weighted by Gasteiger charge is -1.81. The molecule has 0 saturated heterocycles. The van der Waals surface area contributed by atoms with Crippen molar-refractivity contribution in [3.63, 3.8) is 0 Å².